The van der Waals surface area contributed by atoms with E-state index in [0.717, 1.165) is 70.6 Å². The zero-order valence-corrected chi connectivity index (χ0v) is 43.5. The van der Waals surface area contributed by atoms with Crippen molar-refractivity contribution in [2.45, 2.75) is 268 Å². The van der Waals surface area contributed by atoms with Gasteiger partial charge in [-0.05, 0) is 51.4 Å². The molecule has 0 amide bonds. The second kappa shape index (κ2) is 43.4. The minimum Gasteiger partial charge on any atom is -0.457 e. The lowest BCUT2D eigenvalue weighted by Gasteiger charge is -2.42. The number of hydrogen-bond acceptors (Lipinski definition) is 14. The topological polar surface area (TPSA) is 214 Å². The first-order chi connectivity index (χ1) is 34.1. The van der Waals surface area contributed by atoms with Crippen molar-refractivity contribution in [3.63, 3.8) is 0 Å². The fourth-order valence-corrected chi connectivity index (χ4v) is 8.63. The third-order valence-corrected chi connectivity index (χ3v) is 13.1. The molecule has 70 heavy (non-hydrogen) atoms. The molecule has 408 valence electrons. The molecule has 0 radical (unpaired) electrons. The highest BCUT2D eigenvalue weighted by Crippen LogP contribution is 2.26. The van der Waals surface area contributed by atoms with Crippen LogP contribution in [0.3, 0.4) is 0 Å². The Labute approximate surface area is 422 Å². The van der Waals surface area contributed by atoms with Gasteiger partial charge in [-0.25, -0.2) is 0 Å². The molecule has 11 unspecified atom stereocenters. The predicted molar refractivity (Wildman–Crippen MR) is 275 cm³/mol. The predicted octanol–water partition coefficient (Wildman–Crippen LogP) is 9.13. The summed E-state index contributed by atoms with van der Waals surface area (Å²) in [5.41, 5.74) is 0. The highest BCUT2D eigenvalue weighted by atomic mass is 16.7. The summed E-state index contributed by atoms with van der Waals surface area (Å²) in [5, 5.41) is 72.2. The smallest absolute Gasteiger partial charge is 0.306 e. The molecule has 2 aliphatic heterocycles. The monoisotopic (exact) mass is 997 g/mol. The van der Waals surface area contributed by atoms with Gasteiger partial charge in [-0.3, -0.25) is 4.79 Å². The third kappa shape index (κ3) is 30.2. The van der Waals surface area contributed by atoms with Crippen LogP contribution >= 0.6 is 0 Å². The highest BCUT2D eigenvalue weighted by molar-refractivity contribution is 5.69. The van der Waals surface area contributed by atoms with Gasteiger partial charge in [0.1, 0.15) is 54.9 Å². The van der Waals surface area contributed by atoms with Crippen LogP contribution in [0.1, 0.15) is 200 Å². The molecule has 14 heteroatoms. The summed E-state index contributed by atoms with van der Waals surface area (Å²) in [4.78, 5) is 13.0. The summed E-state index contributed by atoms with van der Waals surface area (Å²) in [6, 6.07) is 0. The molecule has 2 heterocycles. The van der Waals surface area contributed by atoms with Crippen LogP contribution in [0, 0.1) is 0 Å². The molecule has 2 aliphatic rings. The molecule has 2 fully saturated rings. The van der Waals surface area contributed by atoms with Gasteiger partial charge in [0.05, 0.1) is 26.4 Å². The molecule has 11 atom stereocenters. The molecule has 0 aromatic carbocycles. The largest absolute Gasteiger partial charge is 0.457 e. The number of unbranched alkanes of at least 4 members (excludes halogenated alkanes) is 22. The lowest BCUT2D eigenvalue weighted by molar-refractivity contribution is -0.332. The Morgan fingerprint density at radius 2 is 0.929 bits per heavy atom. The zero-order valence-electron chi connectivity index (χ0n) is 43.5. The first-order valence-corrected chi connectivity index (χ1v) is 27.7. The van der Waals surface area contributed by atoms with E-state index >= 15 is 0 Å². The maximum atomic E-state index is 13.0. The van der Waals surface area contributed by atoms with Crippen LogP contribution in [0.2, 0.25) is 0 Å². The van der Waals surface area contributed by atoms with Crippen LogP contribution in [0.25, 0.3) is 0 Å². The van der Waals surface area contributed by atoms with Gasteiger partial charge in [-0.15, -0.1) is 0 Å². The standard InChI is InChI=1S/C56H100O14/c1-3-5-7-9-11-13-15-17-19-21-22-24-26-28-30-32-34-36-38-40-65-42-45(68-48(58)39-37-35-33-31-29-27-25-23-20-18-16-14-12-10-8-6-4-2)43-66-55-54(64)52(62)50(60)47(70-55)44-67-56-53(63)51(61)49(59)46(41-57)69-56/h6,8,12,14,18,20,25,27,45-47,49-57,59-64H,3-5,7,9-11,13,15-17,19,21-24,26,28-44H2,1-2H3/b8-6-,14-12-,20-18-,27-25-. The fraction of sp³-hybridized carbons (Fsp3) is 0.839. The van der Waals surface area contributed by atoms with Crippen LogP contribution in [0.15, 0.2) is 48.6 Å². The lowest BCUT2D eigenvalue weighted by atomic mass is 9.98. The molecular weight excluding hydrogens is 897 g/mol. The maximum Gasteiger partial charge on any atom is 0.306 e. The zero-order chi connectivity index (χ0) is 50.9. The minimum atomic E-state index is -1.71. The number of carbonyl (C=O) groups is 1. The van der Waals surface area contributed by atoms with Crippen molar-refractivity contribution in [2.75, 3.05) is 33.0 Å². The van der Waals surface area contributed by atoms with Gasteiger partial charge in [0.15, 0.2) is 12.6 Å². The van der Waals surface area contributed by atoms with Crippen molar-refractivity contribution >= 4 is 5.97 Å². The van der Waals surface area contributed by atoms with E-state index < -0.39 is 86.7 Å². The van der Waals surface area contributed by atoms with Crippen LogP contribution in [-0.4, -0.2) is 142 Å². The van der Waals surface area contributed by atoms with Crippen molar-refractivity contribution in [1.29, 1.82) is 0 Å². The number of allylic oxidation sites excluding steroid dienone is 8. The van der Waals surface area contributed by atoms with Gasteiger partial charge in [-0.2, -0.15) is 0 Å². The second-order valence-corrected chi connectivity index (χ2v) is 19.4. The first-order valence-electron chi connectivity index (χ1n) is 27.7. The molecule has 0 saturated carbocycles. The van der Waals surface area contributed by atoms with Gasteiger partial charge >= 0.3 is 5.97 Å². The number of hydrogen-bond donors (Lipinski definition) is 7. The number of aliphatic hydroxyl groups excluding tert-OH is 7. The molecule has 14 nitrogen and oxygen atoms in total. The van der Waals surface area contributed by atoms with Gasteiger partial charge in [0, 0.05) is 13.0 Å². The lowest BCUT2D eigenvalue weighted by Crippen LogP contribution is -2.61. The summed E-state index contributed by atoms with van der Waals surface area (Å²) < 4.78 is 34.3. The first kappa shape index (κ1) is 64.1. The van der Waals surface area contributed by atoms with Crippen LogP contribution in [-0.2, 0) is 33.2 Å². The Morgan fingerprint density at radius 3 is 1.46 bits per heavy atom. The number of aliphatic hydroxyl groups is 7. The Balaban J connectivity index is 1.74. The van der Waals surface area contributed by atoms with Crippen molar-refractivity contribution in [3.8, 4) is 0 Å². The normalized spacial score (nSPS) is 25.8. The van der Waals surface area contributed by atoms with Gasteiger partial charge in [0.2, 0.25) is 0 Å². The van der Waals surface area contributed by atoms with E-state index in [-0.39, 0.29) is 19.6 Å². The molecule has 0 spiro atoms. The SMILES string of the molecule is CC/C=C\C/C=C\C/C=C\C/C=C\CCCCCCC(=O)OC(COCCCCCCCCCCCCCCCCCCCCC)COC1OC(COC2OC(CO)C(O)C(O)C2O)C(O)C(O)C1O. The Hall–Kier alpha value is -2.05. The quantitative estimate of drug-likeness (QED) is 0.0172. The molecule has 2 saturated heterocycles. The number of ether oxygens (including phenoxy) is 6. The van der Waals surface area contributed by atoms with Crippen molar-refractivity contribution < 1.29 is 69.0 Å². The fourth-order valence-electron chi connectivity index (χ4n) is 8.63. The van der Waals surface area contributed by atoms with E-state index in [0.29, 0.717) is 13.0 Å². The minimum absolute atomic E-state index is 0.0529. The van der Waals surface area contributed by atoms with E-state index in [1.165, 1.54) is 103 Å². The van der Waals surface area contributed by atoms with Crippen LogP contribution in [0.4, 0.5) is 0 Å². The number of esters is 1. The van der Waals surface area contributed by atoms with E-state index in [9.17, 15) is 40.5 Å². The van der Waals surface area contributed by atoms with Crippen molar-refractivity contribution in [3.05, 3.63) is 48.6 Å². The summed E-state index contributed by atoms with van der Waals surface area (Å²) in [6.07, 6.45) is 34.6. The Bertz CT molecular complexity index is 1340. The third-order valence-electron chi connectivity index (χ3n) is 13.1. The van der Waals surface area contributed by atoms with E-state index in [4.69, 9.17) is 28.4 Å². The Kier molecular flexibility index (Phi) is 39.7. The molecule has 7 N–H and O–H groups in total. The second-order valence-electron chi connectivity index (χ2n) is 19.4. The van der Waals surface area contributed by atoms with Crippen LogP contribution in [0.5, 0.6) is 0 Å². The summed E-state index contributed by atoms with van der Waals surface area (Å²) in [6.45, 7) is 3.57. The van der Waals surface area contributed by atoms with Crippen LogP contribution < -0.4 is 0 Å². The average molecular weight is 997 g/mol. The van der Waals surface area contributed by atoms with Crippen molar-refractivity contribution in [1.82, 2.24) is 0 Å². The van der Waals surface area contributed by atoms with E-state index in [1.54, 1.807) is 0 Å². The molecular formula is C56H100O14. The summed E-state index contributed by atoms with van der Waals surface area (Å²) in [7, 11) is 0. The molecule has 0 aromatic rings. The van der Waals surface area contributed by atoms with E-state index in [2.05, 4.69) is 62.5 Å². The molecule has 0 bridgehead atoms. The highest BCUT2D eigenvalue weighted by Gasteiger charge is 2.47. The van der Waals surface area contributed by atoms with E-state index in [1.807, 2.05) is 0 Å². The van der Waals surface area contributed by atoms with Gasteiger partial charge in [-0.1, -0.05) is 191 Å². The number of rotatable bonds is 44. The average Bonchev–Trinajstić information content (AvgIpc) is 3.36. The van der Waals surface area contributed by atoms with Gasteiger partial charge in [0.25, 0.3) is 0 Å². The summed E-state index contributed by atoms with van der Waals surface area (Å²) >= 11 is 0. The maximum absolute atomic E-state index is 13.0. The Morgan fingerprint density at radius 1 is 0.486 bits per heavy atom. The van der Waals surface area contributed by atoms with Crippen molar-refractivity contribution in [2.24, 2.45) is 0 Å². The number of carbonyl (C=O) groups excluding carboxylic acids is 1. The molecule has 0 aromatic heterocycles. The molecule has 2 rings (SSSR count). The molecule has 0 aliphatic carbocycles. The summed E-state index contributed by atoms with van der Waals surface area (Å²) in [5.74, 6) is -0.397. The van der Waals surface area contributed by atoms with Gasteiger partial charge < -0.3 is 64.2 Å².